The highest BCUT2D eigenvalue weighted by molar-refractivity contribution is 6.30. The van der Waals surface area contributed by atoms with Gasteiger partial charge in [0.15, 0.2) is 0 Å². The zero-order valence-electron chi connectivity index (χ0n) is 12.6. The number of hydrogen-bond donors (Lipinski definition) is 3. The molecule has 7 nitrogen and oxygen atoms in total. The van der Waals surface area contributed by atoms with Crippen molar-refractivity contribution < 1.29 is 4.79 Å². The quantitative estimate of drug-likeness (QED) is 0.657. The second-order valence-electron chi connectivity index (χ2n) is 5.24. The molecular weight excluding hydrogens is 328 g/mol. The Morgan fingerprint density at radius 2 is 2.00 bits per heavy atom. The fourth-order valence-corrected chi connectivity index (χ4v) is 2.46. The van der Waals surface area contributed by atoms with Gasteiger partial charge in [0.05, 0.1) is 6.04 Å². The van der Waals surface area contributed by atoms with Crippen molar-refractivity contribution in [1.82, 2.24) is 20.6 Å². The van der Waals surface area contributed by atoms with Gasteiger partial charge in [-0.2, -0.15) is 5.21 Å². The summed E-state index contributed by atoms with van der Waals surface area (Å²) in [6.45, 7) is 0. The Morgan fingerprint density at radius 1 is 1.21 bits per heavy atom. The summed E-state index contributed by atoms with van der Waals surface area (Å²) in [5.41, 5.74) is 8.96. The van der Waals surface area contributed by atoms with Crippen molar-refractivity contribution in [2.24, 2.45) is 5.73 Å². The molecule has 0 fully saturated rings. The standard InChI is InChI=1S/C16H15ClN6O/c17-13-3-1-2-12(9-13)11-6-4-10(5-7-11)8-14(18)15(24)19-16-20-22-23-21-16/h1-7,9,14H,8,18H2,(H2,19,20,21,22,23,24)/t14-/m0/s1. The van der Waals surface area contributed by atoms with E-state index in [-0.39, 0.29) is 11.9 Å². The molecule has 0 aliphatic rings. The second-order valence-corrected chi connectivity index (χ2v) is 5.68. The Hall–Kier alpha value is -2.77. The number of halogens is 1. The van der Waals surface area contributed by atoms with E-state index in [1.54, 1.807) is 0 Å². The van der Waals surface area contributed by atoms with Crippen LogP contribution in [0.3, 0.4) is 0 Å². The largest absolute Gasteiger partial charge is 0.320 e. The van der Waals surface area contributed by atoms with E-state index in [1.807, 2.05) is 48.5 Å². The third-order valence-electron chi connectivity index (χ3n) is 3.48. The zero-order chi connectivity index (χ0) is 16.9. The van der Waals surface area contributed by atoms with E-state index in [2.05, 4.69) is 25.9 Å². The predicted octanol–water partition coefficient (Wildman–Crippen LogP) is 2.03. The maximum absolute atomic E-state index is 12.0. The fraction of sp³-hybridized carbons (Fsp3) is 0.125. The minimum atomic E-state index is -0.708. The molecule has 4 N–H and O–H groups in total. The van der Waals surface area contributed by atoms with Crippen LogP contribution in [0, 0.1) is 0 Å². The number of anilines is 1. The number of benzene rings is 2. The molecule has 2 aromatic carbocycles. The summed E-state index contributed by atoms with van der Waals surface area (Å²) in [5.74, 6) is -0.262. The molecule has 8 heteroatoms. The van der Waals surface area contributed by atoms with Crippen LogP contribution in [-0.4, -0.2) is 32.6 Å². The maximum Gasteiger partial charge on any atom is 0.269 e. The number of aromatic nitrogens is 4. The lowest BCUT2D eigenvalue weighted by Gasteiger charge is -2.11. The lowest BCUT2D eigenvalue weighted by Crippen LogP contribution is -2.37. The topological polar surface area (TPSA) is 110 Å². The van der Waals surface area contributed by atoms with Crippen molar-refractivity contribution in [3.8, 4) is 11.1 Å². The first-order chi connectivity index (χ1) is 11.6. The average Bonchev–Trinajstić information content (AvgIpc) is 3.08. The van der Waals surface area contributed by atoms with Crippen LogP contribution in [0.25, 0.3) is 11.1 Å². The SMILES string of the molecule is N[C@@H](Cc1ccc(-c2cccc(Cl)c2)cc1)C(=O)Nc1nn[nH]n1. The van der Waals surface area contributed by atoms with Crippen LogP contribution < -0.4 is 11.1 Å². The molecule has 0 unspecified atom stereocenters. The maximum atomic E-state index is 12.0. The number of nitrogens with one attached hydrogen (secondary N) is 2. The van der Waals surface area contributed by atoms with Crippen molar-refractivity contribution in [2.45, 2.75) is 12.5 Å². The smallest absolute Gasteiger partial charge is 0.269 e. The van der Waals surface area contributed by atoms with E-state index >= 15 is 0 Å². The summed E-state index contributed by atoms with van der Waals surface area (Å²) < 4.78 is 0. The van der Waals surface area contributed by atoms with Crippen LogP contribution in [0.4, 0.5) is 5.95 Å². The normalized spacial score (nSPS) is 11.9. The molecule has 0 saturated heterocycles. The number of amides is 1. The highest BCUT2D eigenvalue weighted by atomic mass is 35.5. The number of carbonyl (C=O) groups is 1. The fourth-order valence-electron chi connectivity index (χ4n) is 2.27. The zero-order valence-corrected chi connectivity index (χ0v) is 13.4. The molecule has 0 radical (unpaired) electrons. The summed E-state index contributed by atoms with van der Waals surface area (Å²) in [7, 11) is 0. The number of tetrazole rings is 1. The first kappa shape index (κ1) is 16.1. The third-order valence-corrected chi connectivity index (χ3v) is 3.72. The summed E-state index contributed by atoms with van der Waals surface area (Å²) in [4.78, 5) is 12.0. The lowest BCUT2D eigenvalue weighted by atomic mass is 10.0. The molecule has 1 heterocycles. The Morgan fingerprint density at radius 3 is 2.67 bits per heavy atom. The van der Waals surface area contributed by atoms with E-state index in [0.29, 0.717) is 11.4 Å². The van der Waals surface area contributed by atoms with Gasteiger partial charge in [0.2, 0.25) is 5.91 Å². The summed E-state index contributed by atoms with van der Waals surface area (Å²) >= 11 is 6.01. The van der Waals surface area contributed by atoms with Crippen molar-refractivity contribution in [3.05, 3.63) is 59.1 Å². The number of hydrogen-bond acceptors (Lipinski definition) is 5. The van der Waals surface area contributed by atoms with Crippen LogP contribution >= 0.6 is 11.6 Å². The van der Waals surface area contributed by atoms with E-state index in [9.17, 15) is 4.79 Å². The lowest BCUT2D eigenvalue weighted by molar-refractivity contribution is -0.117. The minimum absolute atomic E-state index is 0.103. The Labute approximate surface area is 143 Å². The highest BCUT2D eigenvalue weighted by Gasteiger charge is 2.16. The van der Waals surface area contributed by atoms with Crippen molar-refractivity contribution >= 4 is 23.5 Å². The van der Waals surface area contributed by atoms with E-state index in [0.717, 1.165) is 16.7 Å². The number of carbonyl (C=O) groups excluding carboxylic acids is 1. The molecule has 0 saturated carbocycles. The van der Waals surface area contributed by atoms with Gasteiger partial charge in [0.1, 0.15) is 0 Å². The highest BCUT2D eigenvalue weighted by Crippen LogP contribution is 2.23. The Kier molecular flexibility index (Phi) is 4.83. The van der Waals surface area contributed by atoms with Crippen LogP contribution in [0.15, 0.2) is 48.5 Å². The molecule has 3 aromatic rings. The summed E-state index contributed by atoms with van der Waals surface area (Å²) in [5, 5.41) is 16.1. The Bertz CT molecular complexity index is 819. The Balaban J connectivity index is 1.64. The van der Waals surface area contributed by atoms with E-state index in [1.165, 1.54) is 0 Å². The second kappa shape index (κ2) is 7.20. The molecule has 0 aliphatic carbocycles. The molecule has 0 spiro atoms. The molecule has 3 rings (SSSR count). The number of nitrogens with two attached hydrogens (primary N) is 1. The van der Waals surface area contributed by atoms with Crippen molar-refractivity contribution in [2.75, 3.05) is 5.32 Å². The first-order valence-corrected chi connectivity index (χ1v) is 7.64. The number of rotatable bonds is 5. The first-order valence-electron chi connectivity index (χ1n) is 7.26. The third kappa shape index (κ3) is 3.95. The number of H-pyrrole nitrogens is 1. The molecule has 1 amide bonds. The van der Waals surface area contributed by atoms with Crippen LogP contribution in [0.2, 0.25) is 5.02 Å². The molecule has 0 bridgehead atoms. The van der Waals surface area contributed by atoms with Crippen molar-refractivity contribution in [1.29, 1.82) is 0 Å². The van der Waals surface area contributed by atoms with Crippen LogP contribution in [0.1, 0.15) is 5.56 Å². The van der Waals surface area contributed by atoms with E-state index in [4.69, 9.17) is 17.3 Å². The van der Waals surface area contributed by atoms with Crippen LogP contribution in [0.5, 0.6) is 0 Å². The summed E-state index contributed by atoms with van der Waals surface area (Å²) in [6, 6.07) is 14.8. The van der Waals surface area contributed by atoms with Gasteiger partial charge < -0.3 is 5.73 Å². The van der Waals surface area contributed by atoms with Crippen LogP contribution in [-0.2, 0) is 11.2 Å². The molecule has 1 aromatic heterocycles. The molecular formula is C16H15ClN6O. The van der Waals surface area contributed by atoms with Gasteiger partial charge in [-0.1, -0.05) is 53.1 Å². The molecule has 1 atom stereocenters. The minimum Gasteiger partial charge on any atom is -0.320 e. The summed E-state index contributed by atoms with van der Waals surface area (Å²) in [6.07, 6.45) is 0.402. The van der Waals surface area contributed by atoms with Crippen molar-refractivity contribution in [3.63, 3.8) is 0 Å². The molecule has 0 aliphatic heterocycles. The van der Waals surface area contributed by atoms with Gasteiger partial charge in [0, 0.05) is 5.02 Å². The predicted molar refractivity (Wildman–Crippen MR) is 91.4 cm³/mol. The monoisotopic (exact) mass is 342 g/mol. The average molecular weight is 343 g/mol. The van der Waals surface area contributed by atoms with Gasteiger partial charge in [0.25, 0.3) is 5.95 Å². The number of nitrogens with zero attached hydrogens (tertiary/aromatic N) is 3. The van der Waals surface area contributed by atoms with E-state index < -0.39 is 6.04 Å². The van der Waals surface area contributed by atoms with Gasteiger partial charge >= 0.3 is 0 Å². The van der Waals surface area contributed by atoms with Gasteiger partial charge in [-0.25, -0.2) is 0 Å². The molecule has 122 valence electrons. The van der Waals surface area contributed by atoms with Gasteiger partial charge in [-0.05, 0) is 40.5 Å². The number of aromatic amines is 1. The molecule has 24 heavy (non-hydrogen) atoms. The van der Waals surface area contributed by atoms with Gasteiger partial charge in [-0.15, -0.1) is 5.10 Å². The van der Waals surface area contributed by atoms with Gasteiger partial charge in [-0.3, -0.25) is 10.1 Å².